The second-order valence-electron chi connectivity index (χ2n) is 9.40. The van der Waals surface area contributed by atoms with Gasteiger partial charge < -0.3 is 10.2 Å². The maximum absolute atomic E-state index is 12.8. The molecule has 5 nitrogen and oxygen atoms in total. The van der Waals surface area contributed by atoms with Crippen molar-refractivity contribution in [2.24, 2.45) is 11.8 Å². The van der Waals surface area contributed by atoms with Crippen LogP contribution in [0, 0.1) is 11.8 Å². The molecule has 2 N–H and O–H groups in total. The van der Waals surface area contributed by atoms with Crippen molar-refractivity contribution in [3.8, 4) is 0 Å². The van der Waals surface area contributed by atoms with Crippen molar-refractivity contribution in [3.05, 3.63) is 47.5 Å². The molecule has 0 radical (unpaired) electrons. The van der Waals surface area contributed by atoms with Crippen LogP contribution in [0.2, 0.25) is 0 Å². The molecule has 2 aliphatic rings. The zero-order valence-electron chi connectivity index (χ0n) is 18.7. The van der Waals surface area contributed by atoms with E-state index < -0.39 is 5.54 Å². The Morgan fingerprint density at radius 1 is 1.20 bits per heavy atom. The van der Waals surface area contributed by atoms with Gasteiger partial charge in [0.2, 0.25) is 0 Å². The summed E-state index contributed by atoms with van der Waals surface area (Å²) in [6.45, 7) is 9.74. The summed E-state index contributed by atoms with van der Waals surface area (Å²) in [5.74, 6) is 0.709. The largest absolute Gasteiger partial charge is 0.323 e. The lowest BCUT2D eigenvalue weighted by molar-refractivity contribution is -0.127. The molecule has 0 aromatic heterocycles. The van der Waals surface area contributed by atoms with Crippen LogP contribution in [0.3, 0.4) is 0 Å². The molecule has 0 bridgehead atoms. The zero-order chi connectivity index (χ0) is 21.6. The van der Waals surface area contributed by atoms with Crippen molar-refractivity contribution in [1.29, 1.82) is 0 Å². The van der Waals surface area contributed by atoms with E-state index >= 15 is 0 Å². The van der Waals surface area contributed by atoms with Crippen molar-refractivity contribution < 1.29 is 9.59 Å². The van der Waals surface area contributed by atoms with E-state index in [-0.39, 0.29) is 17.9 Å². The van der Waals surface area contributed by atoms with E-state index in [2.05, 4.69) is 54.5 Å². The zero-order valence-corrected chi connectivity index (χ0v) is 18.7. The van der Waals surface area contributed by atoms with E-state index in [0.717, 1.165) is 45.3 Å². The number of benzene rings is 1. The first-order valence-electron chi connectivity index (χ1n) is 11.4. The Bertz CT molecular complexity index is 749. The van der Waals surface area contributed by atoms with Crippen molar-refractivity contribution in [2.75, 3.05) is 19.6 Å². The quantitative estimate of drug-likeness (QED) is 0.471. The number of carbonyl (C=O) groups is 2. The number of nitrogens with one attached hydrogen (secondary N) is 2. The number of piperidine rings is 1. The van der Waals surface area contributed by atoms with Crippen molar-refractivity contribution in [1.82, 2.24) is 15.5 Å². The molecule has 3 rings (SSSR count). The molecule has 2 heterocycles. The number of urea groups is 1. The number of hydrogen-bond donors (Lipinski definition) is 2. The van der Waals surface area contributed by atoms with E-state index in [4.69, 9.17) is 0 Å². The topological polar surface area (TPSA) is 61.4 Å². The first kappa shape index (κ1) is 22.5. The number of allylic oxidation sites excluding steroid dienone is 2. The lowest BCUT2D eigenvalue weighted by atomic mass is 9.74. The first-order chi connectivity index (χ1) is 14.4. The number of carbonyl (C=O) groups excluding carboxylic acids is 2. The summed E-state index contributed by atoms with van der Waals surface area (Å²) < 4.78 is 0. The highest BCUT2D eigenvalue weighted by Gasteiger charge is 2.51. The SMILES string of the molecule is CC(C)=CCC[C@H](C)CN1CCC([C@@]2(CCc3ccccc3)NC(=O)NC2=O)CC1. The van der Waals surface area contributed by atoms with Crippen LogP contribution in [0.15, 0.2) is 42.0 Å². The van der Waals surface area contributed by atoms with E-state index in [1.165, 1.54) is 17.6 Å². The van der Waals surface area contributed by atoms with Crippen LogP contribution in [0.25, 0.3) is 0 Å². The molecule has 30 heavy (non-hydrogen) atoms. The van der Waals surface area contributed by atoms with E-state index in [1.54, 1.807) is 0 Å². The Hall–Kier alpha value is -2.14. The third-order valence-corrected chi connectivity index (χ3v) is 6.69. The number of nitrogens with zero attached hydrogens (tertiary/aromatic N) is 1. The van der Waals surface area contributed by atoms with Crippen LogP contribution >= 0.6 is 0 Å². The number of hydrogen-bond acceptors (Lipinski definition) is 3. The molecular formula is C25H37N3O2. The second kappa shape index (κ2) is 10.3. The molecule has 164 valence electrons. The Kier molecular flexibility index (Phi) is 7.70. The average molecular weight is 412 g/mol. The van der Waals surface area contributed by atoms with E-state index in [9.17, 15) is 9.59 Å². The second-order valence-corrected chi connectivity index (χ2v) is 9.40. The molecule has 0 unspecified atom stereocenters. The highest BCUT2D eigenvalue weighted by Crippen LogP contribution is 2.35. The lowest BCUT2D eigenvalue weighted by Gasteiger charge is -2.41. The van der Waals surface area contributed by atoms with E-state index in [1.807, 2.05) is 18.2 Å². The van der Waals surface area contributed by atoms with Gasteiger partial charge in [0.05, 0.1) is 0 Å². The maximum atomic E-state index is 12.8. The van der Waals surface area contributed by atoms with Crippen LogP contribution in [-0.4, -0.2) is 42.0 Å². The molecule has 0 aliphatic carbocycles. The van der Waals surface area contributed by atoms with Gasteiger partial charge in [0.1, 0.15) is 5.54 Å². The highest BCUT2D eigenvalue weighted by molar-refractivity contribution is 6.07. The molecule has 2 aliphatic heterocycles. The minimum atomic E-state index is -0.770. The molecule has 2 fully saturated rings. The fourth-order valence-electron chi connectivity index (χ4n) is 4.96. The summed E-state index contributed by atoms with van der Waals surface area (Å²) in [7, 11) is 0. The van der Waals surface area contributed by atoms with Crippen LogP contribution in [0.5, 0.6) is 0 Å². The number of amides is 3. The summed E-state index contributed by atoms with van der Waals surface area (Å²) >= 11 is 0. The highest BCUT2D eigenvalue weighted by atomic mass is 16.2. The van der Waals surface area contributed by atoms with Crippen molar-refractivity contribution in [2.45, 2.75) is 64.8 Å². The molecule has 0 spiro atoms. The summed E-state index contributed by atoms with van der Waals surface area (Å²) in [6, 6.07) is 9.87. The fourth-order valence-corrected chi connectivity index (χ4v) is 4.96. The Balaban J connectivity index is 1.57. The molecule has 1 aromatic rings. The van der Waals surface area contributed by atoms with Crippen LogP contribution in [-0.2, 0) is 11.2 Å². The van der Waals surface area contributed by atoms with Gasteiger partial charge in [-0.15, -0.1) is 0 Å². The number of likely N-dealkylation sites (tertiary alicyclic amines) is 1. The minimum absolute atomic E-state index is 0.142. The third kappa shape index (κ3) is 5.72. The van der Waals surface area contributed by atoms with Gasteiger partial charge in [0.25, 0.3) is 5.91 Å². The molecule has 1 aromatic carbocycles. The molecule has 0 saturated carbocycles. The van der Waals surface area contributed by atoms with E-state index in [0.29, 0.717) is 12.3 Å². The normalized spacial score (nSPS) is 23.7. The summed E-state index contributed by atoms with van der Waals surface area (Å²) in [5, 5.41) is 5.54. The van der Waals surface area contributed by atoms with Crippen LogP contribution < -0.4 is 10.6 Å². The smallest absolute Gasteiger partial charge is 0.322 e. The predicted molar refractivity (Wildman–Crippen MR) is 121 cm³/mol. The van der Waals surface area contributed by atoms with Gasteiger partial charge in [-0.3, -0.25) is 10.1 Å². The van der Waals surface area contributed by atoms with Crippen molar-refractivity contribution >= 4 is 11.9 Å². The summed E-state index contributed by atoms with van der Waals surface area (Å²) in [6.07, 6.45) is 8.01. The van der Waals surface area contributed by atoms with Gasteiger partial charge in [-0.25, -0.2) is 4.79 Å². The Labute approximate surface area is 181 Å². The molecular weight excluding hydrogens is 374 g/mol. The summed E-state index contributed by atoms with van der Waals surface area (Å²) in [4.78, 5) is 27.4. The molecule has 2 saturated heterocycles. The minimum Gasteiger partial charge on any atom is -0.323 e. The predicted octanol–water partition coefficient (Wildman–Crippen LogP) is 4.29. The maximum Gasteiger partial charge on any atom is 0.322 e. The van der Waals surface area contributed by atoms with Crippen LogP contribution in [0.1, 0.15) is 58.4 Å². The number of aryl methyl sites for hydroxylation is 1. The van der Waals surface area contributed by atoms with Gasteiger partial charge >= 0.3 is 6.03 Å². The molecule has 2 atom stereocenters. The van der Waals surface area contributed by atoms with Gasteiger partial charge in [0.15, 0.2) is 0 Å². The molecule has 3 amide bonds. The van der Waals surface area contributed by atoms with Gasteiger partial charge in [-0.05, 0) is 82.9 Å². The average Bonchev–Trinajstić information content (AvgIpc) is 3.01. The lowest BCUT2D eigenvalue weighted by Crippen LogP contribution is -2.56. The van der Waals surface area contributed by atoms with Gasteiger partial charge in [0, 0.05) is 6.54 Å². The third-order valence-electron chi connectivity index (χ3n) is 6.69. The fraction of sp³-hybridized carbons (Fsp3) is 0.600. The van der Waals surface area contributed by atoms with Gasteiger partial charge in [-0.1, -0.05) is 48.9 Å². The molecule has 5 heteroatoms. The number of imide groups is 1. The van der Waals surface area contributed by atoms with Crippen molar-refractivity contribution in [3.63, 3.8) is 0 Å². The summed E-state index contributed by atoms with van der Waals surface area (Å²) in [5.41, 5.74) is 1.82. The first-order valence-corrected chi connectivity index (χ1v) is 11.4. The Morgan fingerprint density at radius 3 is 2.50 bits per heavy atom. The number of rotatable bonds is 9. The Morgan fingerprint density at radius 2 is 1.90 bits per heavy atom. The standard InChI is InChI=1S/C25H37N3O2/c1-19(2)8-7-9-20(3)18-28-16-13-22(14-17-28)25(23(29)26-24(30)27-25)15-12-21-10-5-4-6-11-21/h4-6,8,10-11,20,22H,7,9,12-18H2,1-3H3,(H2,26,27,29,30)/t20-,25+/m0/s1. The van der Waals surface area contributed by atoms with Gasteiger partial charge in [-0.2, -0.15) is 0 Å². The monoisotopic (exact) mass is 411 g/mol. The van der Waals surface area contributed by atoms with Crippen LogP contribution in [0.4, 0.5) is 4.79 Å².